The van der Waals surface area contributed by atoms with Gasteiger partial charge in [0.25, 0.3) is 0 Å². The van der Waals surface area contributed by atoms with Crippen molar-refractivity contribution in [3.05, 3.63) is 0 Å². The van der Waals surface area contributed by atoms with Gasteiger partial charge >= 0.3 is 5.97 Å². The van der Waals surface area contributed by atoms with E-state index >= 15 is 0 Å². The van der Waals surface area contributed by atoms with E-state index < -0.39 is 12.0 Å². The maximum absolute atomic E-state index is 11.5. The maximum atomic E-state index is 11.5. The summed E-state index contributed by atoms with van der Waals surface area (Å²) in [4.78, 5) is 23.3. The van der Waals surface area contributed by atoms with Gasteiger partial charge in [0.1, 0.15) is 6.04 Å². The molecule has 0 aromatic rings. The van der Waals surface area contributed by atoms with Crippen molar-refractivity contribution in [3.63, 3.8) is 0 Å². The largest absolute Gasteiger partial charge is 0.480 e. The molecular weight excluding hydrogens is 238 g/mol. The number of hydrogen-bond donors (Lipinski definition) is 1. The van der Waals surface area contributed by atoms with Crippen LogP contribution in [0.5, 0.6) is 0 Å². The molecule has 1 fully saturated rings. The van der Waals surface area contributed by atoms with E-state index in [9.17, 15) is 9.59 Å². The molecule has 0 saturated carbocycles. The smallest absolute Gasteiger partial charge is 0.326 e. The van der Waals surface area contributed by atoms with Crippen LogP contribution in [-0.4, -0.2) is 39.3 Å². The number of carboxylic acid groups (broad SMARTS) is 1. The van der Waals surface area contributed by atoms with Gasteiger partial charge in [0.05, 0.1) is 4.83 Å². The van der Waals surface area contributed by atoms with E-state index in [2.05, 4.69) is 15.9 Å². The predicted molar refractivity (Wildman–Crippen MR) is 50.8 cm³/mol. The highest BCUT2D eigenvalue weighted by atomic mass is 79.9. The average molecular weight is 250 g/mol. The number of amides is 1. The van der Waals surface area contributed by atoms with E-state index in [1.807, 2.05) is 0 Å². The van der Waals surface area contributed by atoms with Crippen LogP contribution >= 0.6 is 15.9 Å². The van der Waals surface area contributed by atoms with Gasteiger partial charge < -0.3 is 10.0 Å². The molecule has 1 rings (SSSR count). The molecule has 0 radical (unpaired) electrons. The number of carbonyl (C=O) groups is 2. The lowest BCUT2D eigenvalue weighted by Crippen LogP contribution is -2.43. The van der Waals surface area contributed by atoms with Gasteiger partial charge in [-0.1, -0.05) is 15.9 Å². The maximum Gasteiger partial charge on any atom is 0.326 e. The van der Waals surface area contributed by atoms with Crippen molar-refractivity contribution in [2.75, 3.05) is 6.54 Å². The molecule has 5 heteroatoms. The van der Waals surface area contributed by atoms with Crippen LogP contribution in [0.4, 0.5) is 0 Å². The SMILES string of the molecule is CC(Br)C(=O)N1CCC[C@@H]1C(=O)O. The van der Waals surface area contributed by atoms with Crippen molar-refractivity contribution >= 4 is 27.8 Å². The molecule has 0 aliphatic carbocycles. The van der Waals surface area contributed by atoms with E-state index in [0.29, 0.717) is 13.0 Å². The summed E-state index contributed by atoms with van der Waals surface area (Å²) in [5.74, 6) is -1.04. The molecule has 1 unspecified atom stereocenters. The monoisotopic (exact) mass is 249 g/mol. The van der Waals surface area contributed by atoms with Crippen molar-refractivity contribution in [3.8, 4) is 0 Å². The molecule has 13 heavy (non-hydrogen) atoms. The fraction of sp³-hybridized carbons (Fsp3) is 0.750. The summed E-state index contributed by atoms with van der Waals surface area (Å²) in [6.07, 6.45) is 1.35. The Morgan fingerprint density at radius 3 is 2.69 bits per heavy atom. The van der Waals surface area contributed by atoms with Crippen LogP contribution in [-0.2, 0) is 9.59 Å². The Hall–Kier alpha value is -0.580. The first kappa shape index (κ1) is 10.5. The third-order valence-corrected chi connectivity index (χ3v) is 2.55. The van der Waals surface area contributed by atoms with E-state index in [1.54, 1.807) is 6.92 Å². The normalized spacial score (nSPS) is 24.5. The summed E-state index contributed by atoms with van der Waals surface area (Å²) in [6, 6.07) is -0.618. The third-order valence-electron chi connectivity index (χ3n) is 2.16. The molecule has 1 N–H and O–H groups in total. The molecule has 0 spiro atoms. The van der Waals surface area contributed by atoms with Crippen LogP contribution in [0, 0.1) is 0 Å². The van der Waals surface area contributed by atoms with Crippen molar-refractivity contribution in [2.45, 2.75) is 30.6 Å². The quantitative estimate of drug-likeness (QED) is 0.739. The van der Waals surface area contributed by atoms with Gasteiger partial charge in [-0.05, 0) is 19.8 Å². The van der Waals surface area contributed by atoms with Gasteiger partial charge in [-0.15, -0.1) is 0 Å². The lowest BCUT2D eigenvalue weighted by Gasteiger charge is -2.22. The number of carboxylic acids is 1. The Bertz CT molecular complexity index is 229. The molecule has 1 saturated heterocycles. The van der Waals surface area contributed by atoms with Crippen LogP contribution < -0.4 is 0 Å². The average Bonchev–Trinajstić information content (AvgIpc) is 2.50. The Kier molecular flexibility index (Phi) is 3.30. The van der Waals surface area contributed by atoms with Gasteiger partial charge in [0.2, 0.25) is 5.91 Å². The lowest BCUT2D eigenvalue weighted by molar-refractivity contribution is -0.147. The van der Waals surface area contributed by atoms with Crippen LogP contribution in [0.2, 0.25) is 0 Å². The third kappa shape index (κ3) is 2.21. The Labute approximate surface area is 85.0 Å². The van der Waals surface area contributed by atoms with Crippen LogP contribution in [0.1, 0.15) is 19.8 Å². The molecule has 74 valence electrons. The summed E-state index contributed by atoms with van der Waals surface area (Å²) in [7, 11) is 0. The molecular formula is C8H12BrNO3. The zero-order valence-corrected chi connectivity index (χ0v) is 8.95. The van der Waals surface area contributed by atoms with Crippen molar-refractivity contribution in [1.82, 2.24) is 4.90 Å². The van der Waals surface area contributed by atoms with Gasteiger partial charge in [0.15, 0.2) is 0 Å². The molecule has 1 aliphatic heterocycles. The number of alkyl halides is 1. The molecule has 0 aromatic carbocycles. The number of hydrogen-bond acceptors (Lipinski definition) is 2. The number of likely N-dealkylation sites (tertiary alicyclic amines) is 1. The predicted octanol–water partition coefficient (Wildman–Crippen LogP) is 0.845. The molecule has 1 heterocycles. The summed E-state index contributed by atoms with van der Waals surface area (Å²) in [6.45, 7) is 2.27. The highest BCUT2D eigenvalue weighted by Gasteiger charge is 2.34. The first-order valence-electron chi connectivity index (χ1n) is 4.21. The fourth-order valence-electron chi connectivity index (χ4n) is 1.52. The number of carbonyl (C=O) groups excluding carboxylic acids is 1. The fourth-order valence-corrected chi connectivity index (χ4v) is 1.78. The highest BCUT2D eigenvalue weighted by Crippen LogP contribution is 2.19. The zero-order chi connectivity index (χ0) is 10.0. The second-order valence-electron chi connectivity index (χ2n) is 3.14. The molecule has 0 bridgehead atoms. The van der Waals surface area contributed by atoms with Crippen LogP contribution in [0.15, 0.2) is 0 Å². The Morgan fingerprint density at radius 2 is 2.23 bits per heavy atom. The second kappa shape index (κ2) is 4.09. The molecule has 2 atom stereocenters. The number of aliphatic carboxylic acids is 1. The first-order chi connectivity index (χ1) is 6.04. The minimum Gasteiger partial charge on any atom is -0.480 e. The summed E-state index contributed by atoms with van der Waals surface area (Å²) >= 11 is 3.14. The summed E-state index contributed by atoms with van der Waals surface area (Å²) < 4.78 is 0. The van der Waals surface area contributed by atoms with E-state index in [-0.39, 0.29) is 10.7 Å². The first-order valence-corrected chi connectivity index (χ1v) is 5.13. The minimum atomic E-state index is -0.904. The van der Waals surface area contributed by atoms with E-state index in [1.165, 1.54) is 4.90 Å². The standard InChI is InChI=1S/C8H12BrNO3/c1-5(9)7(11)10-4-2-3-6(10)8(12)13/h5-6H,2-4H2,1H3,(H,12,13)/t5?,6-/m1/s1. The second-order valence-corrected chi connectivity index (χ2v) is 4.52. The molecule has 1 amide bonds. The van der Waals surface area contributed by atoms with Gasteiger partial charge in [-0.3, -0.25) is 4.79 Å². The van der Waals surface area contributed by atoms with Crippen molar-refractivity contribution < 1.29 is 14.7 Å². The number of halogens is 1. The molecule has 0 aromatic heterocycles. The van der Waals surface area contributed by atoms with Crippen molar-refractivity contribution in [2.24, 2.45) is 0 Å². The van der Waals surface area contributed by atoms with Gasteiger partial charge in [0, 0.05) is 6.54 Å². The van der Waals surface area contributed by atoms with Crippen molar-refractivity contribution in [1.29, 1.82) is 0 Å². The highest BCUT2D eigenvalue weighted by molar-refractivity contribution is 9.10. The topological polar surface area (TPSA) is 57.6 Å². The van der Waals surface area contributed by atoms with Gasteiger partial charge in [-0.25, -0.2) is 4.79 Å². The number of rotatable bonds is 2. The van der Waals surface area contributed by atoms with E-state index in [0.717, 1.165) is 6.42 Å². The zero-order valence-electron chi connectivity index (χ0n) is 7.36. The Morgan fingerprint density at radius 1 is 1.62 bits per heavy atom. The summed E-state index contributed by atoms with van der Waals surface area (Å²) in [5, 5.41) is 8.81. The van der Waals surface area contributed by atoms with Gasteiger partial charge in [-0.2, -0.15) is 0 Å². The Balaban J connectivity index is 2.68. The van der Waals surface area contributed by atoms with E-state index in [4.69, 9.17) is 5.11 Å². The number of nitrogens with zero attached hydrogens (tertiary/aromatic N) is 1. The lowest BCUT2D eigenvalue weighted by atomic mass is 10.2. The van der Waals surface area contributed by atoms with Crippen LogP contribution in [0.25, 0.3) is 0 Å². The minimum absolute atomic E-state index is 0.134. The molecule has 4 nitrogen and oxygen atoms in total. The van der Waals surface area contributed by atoms with Crippen LogP contribution in [0.3, 0.4) is 0 Å². The molecule has 1 aliphatic rings. The summed E-state index contributed by atoms with van der Waals surface area (Å²) in [5.41, 5.74) is 0.